The maximum absolute atomic E-state index is 11.7. The maximum Gasteiger partial charge on any atom is 0.197 e. The SMILES string of the molecule is CC(C)c1cc(Sc2nnc(C3CCS(=O)(=O)C3)n2C)nc(C(C)C)n1. The molecule has 0 saturated carbocycles. The van der Waals surface area contributed by atoms with Crippen molar-refractivity contribution < 1.29 is 8.42 Å². The lowest BCUT2D eigenvalue weighted by molar-refractivity contribution is 0.599. The summed E-state index contributed by atoms with van der Waals surface area (Å²) < 4.78 is 25.4. The maximum atomic E-state index is 11.7. The number of hydrogen-bond acceptors (Lipinski definition) is 7. The molecule has 7 nitrogen and oxygen atoms in total. The second-order valence-corrected chi connectivity index (χ2v) is 10.6. The zero-order valence-electron chi connectivity index (χ0n) is 15.8. The summed E-state index contributed by atoms with van der Waals surface area (Å²) in [5.74, 6) is 2.43. The number of hydrogen-bond donors (Lipinski definition) is 0. The number of nitrogens with zero attached hydrogens (tertiary/aromatic N) is 5. The van der Waals surface area contributed by atoms with Crippen LogP contribution in [0.5, 0.6) is 0 Å². The third kappa shape index (κ3) is 4.09. The van der Waals surface area contributed by atoms with Gasteiger partial charge in [0.2, 0.25) is 0 Å². The van der Waals surface area contributed by atoms with E-state index in [1.54, 1.807) is 0 Å². The fourth-order valence-corrected chi connectivity index (χ4v) is 5.49. The Morgan fingerprint density at radius 2 is 1.88 bits per heavy atom. The summed E-state index contributed by atoms with van der Waals surface area (Å²) in [5, 5.41) is 10.1. The highest BCUT2D eigenvalue weighted by atomic mass is 32.2. The summed E-state index contributed by atoms with van der Waals surface area (Å²) in [7, 11) is -1.06. The zero-order chi connectivity index (χ0) is 19.1. The van der Waals surface area contributed by atoms with E-state index in [0.29, 0.717) is 17.5 Å². The normalized spacial score (nSPS) is 19.6. The van der Waals surface area contributed by atoms with Crippen LogP contribution in [0.3, 0.4) is 0 Å². The molecule has 1 atom stereocenters. The third-order valence-electron chi connectivity index (χ3n) is 4.51. The van der Waals surface area contributed by atoms with Gasteiger partial charge in [-0.05, 0) is 30.2 Å². The van der Waals surface area contributed by atoms with Crippen molar-refractivity contribution in [3.05, 3.63) is 23.4 Å². The summed E-state index contributed by atoms with van der Waals surface area (Å²) >= 11 is 1.45. The lowest BCUT2D eigenvalue weighted by Crippen LogP contribution is -2.09. The van der Waals surface area contributed by atoms with Gasteiger partial charge in [-0.1, -0.05) is 27.7 Å². The molecular formula is C17H25N5O2S2. The molecule has 0 spiro atoms. The first kappa shape index (κ1) is 19.3. The summed E-state index contributed by atoms with van der Waals surface area (Å²) in [6, 6.07) is 2.00. The van der Waals surface area contributed by atoms with E-state index in [2.05, 4.69) is 47.9 Å². The largest absolute Gasteiger partial charge is 0.309 e. The molecule has 2 aromatic rings. The van der Waals surface area contributed by atoms with Gasteiger partial charge in [0.05, 0.1) is 11.5 Å². The Labute approximate surface area is 159 Å². The van der Waals surface area contributed by atoms with Crippen molar-refractivity contribution in [3.63, 3.8) is 0 Å². The van der Waals surface area contributed by atoms with Crippen LogP contribution < -0.4 is 0 Å². The minimum absolute atomic E-state index is 0.0744. The van der Waals surface area contributed by atoms with Gasteiger partial charge in [0.15, 0.2) is 15.0 Å². The van der Waals surface area contributed by atoms with Gasteiger partial charge in [0, 0.05) is 24.6 Å². The molecule has 1 saturated heterocycles. The van der Waals surface area contributed by atoms with Gasteiger partial charge in [0.1, 0.15) is 16.7 Å². The minimum atomic E-state index is -2.95. The zero-order valence-corrected chi connectivity index (χ0v) is 17.4. The van der Waals surface area contributed by atoms with Crippen molar-refractivity contribution in [2.24, 2.45) is 7.05 Å². The first-order chi connectivity index (χ1) is 12.2. The van der Waals surface area contributed by atoms with Crippen LogP contribution in [-0.4, -0.2) is 44.7 Å². The Kier molecular flexibility index (Phi) is 5.39. The van der Waals surface area contributed by atoms with Gasteiger partial charge in [-0.2, -0.15) is 0 Å². The van der Waals surface area contributed by atoms with Crippen molar-refractivity contribution in [1.82, 2.24) is 24.7 Å². The van der Waals surface area contributed by atoms with Crippen molar-refractivity contribution >= 4 is 21.6 Å². The fourth-order valence-electron chi connectivity index (χ4n) is 2.93. The van der Waals surface area contributed by atoms with E-state index in [0.717, 1.165) is 22.4 Å². The summed E-state index contributed by atoms with van der Waals surface area (Å²) in [5.41, 5.74) is 1.01. The van der Waals surface area contributed by atoms with E-state index in [4.69, 9.17) is 0 Å². The molecule has 3 heterocycles. The minimum Gasteiger partial charge on any atom is -0.309 e. The highest BCUT2D eigenvalue weighted by molar-refractivity contribution is 7.99. The molecule has 0 aromatic carbocycles. The first-order valence-electron chi connectivity index (χ1n) is 8.82. The van der Waals surface area contributed by atoms with Crippen molar-refractivity contribution in [3.8, 4) is 0 Å². The Bertz CT molecular complexity index is 880. The molecule has 0 radical (unpaired) electrons. The smallest absolute Gasteiger partial charge is 0.197 e. The average molecular weight is 396 g/mol. The number of sulfone groups is 1. The molecule has 0 bridgehead atoms. The third-order valence-corrected chi connectivity index (χ3v) is 7.23. The molecule has 142 valence electrons. The topological polar surface area (TPSA) is 90.6 Å². The van der Waals surface area contributed by atoms with Gasteiger partial charge in [0.25, 0.3) is 0 Å². The molecular weight excluding hydrogens is 370 g/mol. The van der Waals surface area contributed by atoms with Gasteiger partial charge in [-0.15, -0.1) is 10.2 Å². The van der Waals surface area contributed by atoms with E-state index in [1.165, 1.54) is 11.8 Å². The number of aromatic nitrogens is 5. The van der Waals surface area contributed by atoms with Crippen LogP contribution in [0.15, 0.2) is 16.2 Å². The Morgan fingerprint density at radius 1 is 1.15 bits per heavy atom. The summed E-state index contributed by atoms with van der Waals surface area (Å²) in [6.07, 6.45) is 0.613. The molecule has 0 aliphatic carbocycles. The molecule has 1 unspecified atom stereocenters. The highest BCUT2D eigenvalue weighted by Crippen LogP contribution is 2.32. The lowest BCUT2D eigenvalue weighted by Gasteiger charge is -2.12. The fraction of sp³-hybridized carbons (Fsp3) is 0.647. The molecule has 26 heavy (non-hydrogen) atoms. The molecule has 0 N–H and O–H groups in total. The molecule has 0 amide bonds. The Morgan fingerprint density at radius 3 is 2.46 bits per heavy atom. The van der Waals surface area contributed by atoms with Crippen LogP contribution >= 0.6 is 11.8 Å². The first-order valence-corrected chi connectivity index (χ1v) is 11.5. The van der Waals surface area contributed by atoms with Crippen LogP contribution in [0, 0.1) is 0 Å². The monoisotopic (exact) mass is 395 g/mol. The molecule has 3 rings (SSSR count). The van der Waals surface area contributed by atoms with E-state index >= 15 is 0 Å². The van der Waals surface area contributed by atoms with E-state index in [-0.39, 0.29) is 23.3 Å². The second-order valence-electron chi connectivity index (χ2n) is 7.40. The van der Waals surface area contributed by atoms with E-state index < -0.39 is 9.84 Å². The molecule has 1 fully saturated rings. The standard InChI is InChI=1S/C17H25N5O2S2/c1-10(2)13-8-14(19-15(18-13)11(3)4)25-17-21-20-16(22(17)5)12-6-7-26(23,24)9-12/h8,10-12H,6-7,9H2,1-5H3. The van der Waals surface area contributed by atoms with E-state index in [9.17, 15) is 8.42 Å². The van der Waals surface area contributed by atoms with Crippen molar-refractivity contribution in [1.29, 1.82) is 0 Å². The highest BCUT2D eigenvalue weighted by Gasteiger charge is 2.32. The van der Waals surface area contributed by atoms with Crippen molar-refractivity contribution in [2.75, 3.05) is 11.5 Å². The predicted octanol–water partition coefficient (Wildman–Crippen LogP) is 2.91. The Balaban J connectivity index is 1.88. The van der Waals surface area contributed by atoms with Gasteiger partial charge < -0.3 is 4.57 Å². The second kappa shape index (κ2) is 7.26. The predicted molar refractivity (Wildman–Crippen MR) is 101 cm³/mol. The lowest BCUT2D eigenvalue weighted by atomic mass is 10.1. The van der Waals surface area contributed by atoms with E-state index in [1.807, 2.05) is 17.7 Å². The van der Waals surface area contributed by atoms with Crippen LogP contribution in [-0.2, 0) is 16.9 Å². The average Bonchev–Trinajstić information content (AvgIpc) is 3.09. The van der Waals surface area contributed by atoms with Crippen LogP contribution in [0.4, 0.5) is 0 Å². The summed E-state index contributed by atoms with van der Waals surface area (Å²) in [4.78, 5) is 9.30. The van der Waals surface area contributed by atoms with Crippen LogP contribution in [0.2, 0.25) is 0 Å². The van der Waals surface area contributed by atoms with Crippen LogP contribution in [0.25, 0.3) is 0 Å². The quantitative estimate of drug-likeness (QED) is 0.719. The Hall–Kier alpha value is -1.48. The van der Waals surface area contributed by atoms with Crippen LogP contribution in [0.1, 0.15) is 69.2 Å². The summed E-state index contributed by atoms with van der Waals surface area (Å²) in [6.45, 7) is 8.38. The molecule has 1 aliphatic heterocycles. The molecule has 2 aromatic heterocycles. The van der Waals surface area contributed by atoms with Gasteiger partial charge in [-0.3, -0.25) is 0 Å². The van der Waals surface area contributed by atoms with Crippen molar-refractivity contribution in [2.45, 2.75) is 62.1 Å². The molecule has 1 aliphatic rings. The number of rotatable bonds is 5. The van der Waals surface area contributed by atoms with Gasteiger partial charge >= 0.3 is 0 Å². The molecule has 9 heteroatoms. The van der Waals surface area contributed by atoms with Gasteiger partial charge in [-0.25, -0.2) is 18.4 Å².